The summed E-state index contributed by atoms with van der Waals surface area (Å²) in [5.74, 6) is -2.78. The average molecular weight is 435 g/mol. The summed E-state index contributed by atoms with van der Waals surface area (Å²) in [5, 5.41) is 12.1. The van der Waals surface area contributed by atoms with Crippen LogP contribution in [-0.4, -0.2) is 33.7 Å². The smallest absolute Gasteiger partial charge is 0.337 e. The van der Waals surface area contributed by atoms with Crippen LogP contribution in [-0.2, 0) is 6.54 Å². The molecule has 1 aliphatic rings. The Morgan fingerprint density at radius 2 is 1.61 bits per heavy atom. The summed E-state index contributed by atoms with van der Waals surface area (Å²) in [6, 6.07) is 17.4. The second kappa shape index (κ2) is 8.04. The zero-order chi connectivity index (χ0) is 22.1. The van der Waals surface area contributed by atoms with Gasteiger partial charge in [-0.25, -0.2) is 4.79 Å². The lowest BCUT2D eigenvalue weighted by Gasteiger charge is -2.13. The number of nitrogens with zero attached hydrogens (tertiary/aromatic N) is 1. The highest BCUT2D eigenvalue weighted by Crippen LogP contribution is 2.27. The quantitative estimate of drug-likeness (QED) is 0.589. The lowest BCUT2D eigenvalue weighted by molar-refractivity contribution is 0.0639. The molecule has 31 heavy (non-hydrogen) atoms. The van der Waals surface area contributed by atoms with E-state index in [0.717, 1.165) is 10.5 Å². The predicted octanol–water partition coefficient (Wildman–Crippen LogP) is 4.09. The molecule has 0 unspecified atom stereocenters. The molecule has 0 aliphatic carbocycles. The van der Waals surface area contributed by atoms with Crippen LogP contribution in [0.5, 0.6) is 0 Å². The number of rotatable bonds is 5. The van der Waals surface area contributed by atoms with E-state index >= 15 is 0 Å². The van der Waals surface area contributed by atoms with Crippen LogP contribution < -0.4 is 5.32 Å². The number of halogens is 1. The van der Waals surface area contributed by atoms with Crippen LogP contribution in [0.2, 0.25) is 5.02 Å². The minimum absolute atomic E-state index is 0.0653. The van der Waals surface area contributed by atoms with Crippen molar-refractivity contribution < 1.29 is 24.3 Å². The third-order valence-electron chi connectivity index (χ3n) is 4.88. The molecule has 7 nitrogen and oxygen atoms in total. The highest BCUT2D eigenvalue weighted by Gasteiger charge is 2.36. The first kappa shape index (κ1) is 20.3. The van der Waals surface area contributed by atoms with Gasteiger partial charge in [-0.2, -0.15) is 0 Å². The van der Waals surface area contributed by atoms with Gasteiger partial charge in [0.25, 0.3) is 17.7 Å². The number of fused-ring (bicyclic) bond motifs is 1. The number of carbonyl (C=O) groups is 4. The molecule has 4 rings (SSSR count). The molecule has 1 heterocycles. The first-order chi connectivity index (χ1) is 14.8. The van der Waals surface area contributed by atoms with Crippen LogP contribution in [0.1, 0.15) is 47.0 Å². The van der Waals surface area contributed by atoms with Crippen molar-refractivity contribution in [3.63, 3.8) is 0 Å². The van der Waals surface area contributed by atoms with E-state index in [9.17, 15) is 24.3 Å². The van der Waals surface area contributed by atoms with Gasteiger partial charge in [0.15, 0.2) is 0 Å². The Morgan fingerprint density at radius 1 is 0.903 bits per heavy atom. The van der Waals surface area contributed by atoms with E-state index in [2.05, 4.69) is 5.32 Å². The number of hydrogen-bond acceptors (Lipinski definition) is 4. The summed E-state index contributed by atoms with van der Waals surface area (Å²) in [5.41, 5.74) is 1.17. The van der Waals surface area contributed by atoms with Crippen molar-refractivity contribution in [3.8, 4) is 0 Å². The summed E-state index contributed by atoms with van der Waals surface area (Å²) in [6.07, 6.45) is 0. The lowest BCUT2D eigenvalue weighted by atomic mass is 10.0. The maximum Gasteiger partial charge on any atom is 0.337 e. The molecule has 0 saturated carbocycles. The number of anilines is 1. The van der Waals surface area contributed by atoms with Crippen LogP contribution in [0, 0.1) is 0 Å². The maximum atomic E-state index is 12.8. The fourth-order valence-electron chi connectivity index (χ4n) is 3.34. The number of carboxylic acids is 1. The van der Waals surface area contributed by atoms with Gasteiger partial charge in [-0.3, -0.25) is 19.3 Å². The number of aromatic carboxylic acids is 1. The summed E-state index contributed by atoms with van der Waals surface area (Å²) in [6.45, 7) is 0.126. The molecule has 1 aliphatic heterocycles. The van der Waals surface area contributed by atoms with Gasteiger partial charge in [0.05, 0.1) is 28.9 Å². The van der Waals surface area contributed by atoms with Crippen molar-refractivity contribution in [2.45, 2.75) is 6.54 Å². The standard InChI is InChI=1S/C23H15ClN2O5/c24-15-7-9-19(18(11-15)23(30)31)25-20(27)14-6-8-16-17(10-14)22(29)26(21(16)28)12-13-4-2-1-3-5-13/h1-11H,12H2,(H,25,27)(H,30,31). The Kier molecular flexibility index (Phi) is 5.27. The molecule has 0 spiro atoms. The van der Waals surface area contributed by atoms with Crippen molar-refractivity contribution in [3.05, 3.63) is 99.6 Å². The minimum Gasteiger partial charge on any atom is -0.478 e. The van der Waals surface area contributed by atoms with E-state index in [1.807, 2.05) is 30.3 Å². The first-order valence-electron chi connectivity index (χ1n) is 9.23. The normalized spacial score (nSPS) is 12.6. The predicted molar refractivity (Wildman–Crippen MR) is 113 cm³/mol. The van der Waals surface area contributed by atoms with E-state index in [4.69, 9.17) is 11.6 Å². The molecule has 3 amide bonds. The number of hydrogen-bond donors (Lipinski definition) is 2. The zero-order valence-electron chi connectivity index (χ0n) is 16.0. The van der Waals surface area contributed by atoms with Gasteiger partial charge < -0.3 is 10.4 Å². The molecule has 0 saturated heterocycles. The van der Waals surface area contributed by atoms with Crippen LogP contribution in [0.4, 0.5) is 5.69 Å². The zero-order valence-corrected chi connectivity index (χ0v) is 16.7. The highest BCUT2D eigenvalue weighted by molar-refractivity contribution is 6.31. The van der Waals surface area contributed by atoms with E-state index in [-0.39, 0.29) is 39.5 Å². The van der Waals surface area contributed by atoms with Crippen molar-refractivity contribution in [1.29, 1.82) is 0 Å². The maximum absolute atomic E-state index is 12.8. The molecule has 154 valence electrons. The summed E-state index contributed by atoms with van der Waals surface area (Å²) in [4.78, 5) is 50.7. The monoisotopic (exact) mass is 434 g/mol. The van der Waals surface area contributed by atoms with Gasteiger partial charge in [0.2, 0.25) is 0 Å². The van der Waals surface area contributed by atoms with Crippen molar-refractivity contribution in [1.82, 2.24) is 4.90 Å². The second-order valence-corrected chi connectivity index (χ2v) is 7.33. The summed E-state index contributed by atoms with van der Waals surface area (Å²) < 4.78 is 0. The molecule has 3 aromatic carbocycles. The van der Waals surface area contributed by atoms with Gasteiger partial charge in [0.1, 0.15) is 0 Å². The fourth-order valence-corrected chi connectivity index (χ4v) is 3.51. The number of imide groups is 1. The lowest BCUT2D eigenvalue weighted by Crippen LogP contribution is -2.29. The van der Waals surface area contributed by atoms with Crippen LogP contribution >= 0.6 is 11.6 Å². The van der Waals surface area contributed by atoms with Gasteiger partial charge in [-0.05, 0) is 42.0 Å². The van der Waals surface area contributed by atoms with Gasteiger partial charge >= 0.3 is 5.97 Å². The SMILES string of the molecule is O=C(Nc1ccc(Cl)cc1C(=O)O)c1ccc2c(c1)C(=O)N(Cc1ccccc1)C2=O. The Morgan fingerprint density at radius 3 is 2.32 bits per heavy atom. The highest BCUT2D eigenvalue weighted by atomic mass is 35.5. The number of nitrogens with one attached hydrogen (secondary N) is 1. The third kappa shape index (κ3) is 3.91. The number of carboxylic acid groups (broad SMARTS) is 1. The molecule has 0 atom stereocenters. The Balaban J connectivity index is 1.59. The van der Waals surface area contributed by atoms with Crippen molar-refractivity contribution >= 4 is 41.0 Å². The van der Waals surface area contributed by atoms with Gasteiger partial charge in [0, 0.05) is 10.6 Å². The van der Waals surface area contributed by atoms with E-state index in [1.165, 1.54) is 36.4 Å². The van der Waals surface area contributed by atoms with E-state index in [1.54, 1.807) is 0 Å². The van der Waals surface area contributed by atoms with Crippen molar-refractivity contribution in [2.75, 3.05) is 5.32 Å². The molecule has 2 N–H and O–H groups in total. The van der Waals surface area contributed by atoms with Gasteiger partial charge in [-0.1, -0.05) is 41.9 Å². The van der Waals surface area contributed by atoms with Crippen LogP contribution in [0.3, 0.4) is 0 Å². The Labute approximate surface area is 181 Å². The molecule has 0 aromatic heterocycles. The average Bonchev–Trinajstić information content (AvgIpc) is 3.00. The number of amides is 3. The van der Waals surface area contributed by atoms with Crippen LogP contribution in [0.25, 0.3) is 0 Å². The number of benzene rings is 3. The fraction of sp³-hybridized carbons (Fsp3) is 0.0435. The molecule has 0 fully saturated rings. The largest absolute Gasteiger partial charge is 0.478 e. The molecule has 0 bridgehead atoms. The Bertz CT molecular complexity index is 1240. The molecule has 0 radical (unpaired) electrons. The second-order valence-electron chi connectivity index (χ2n) is 6.89. The molecular formula is C23H15ClN2O5. The number of carbonyl (C=O) groups excluding carboxylic acids is 3. The Hall–Kier alpha value is -3.97. The molecule has 3 aromatic rings. The summed E-state index contributed by atoms with van der Waals surface area (Å²) in [7, 11) is 0. The minimum atomic E-state index is -1.25. The van der Waals surface area contributed by atoms with E-state index < -0.39 is 23.7 Å². The molecular weight excluding hydrogens is 420 g/mol. The van der Waals surface area contributed by atoms with Crippen molar-refractivity contribution in [2.24, 2.45) is 0 Å². The molecule has 8 heteroatoms. The topological polar surface area (TPSA) is 104 Å². The first-order valence-corrected chi connectivity index (χ1v) is 9.61. The summed E-state index contributed by atoms with van der Waals surface area (Å²) >= 11 is 5.83. The van der Waals surface area contributed by atoms with Crippen LogP contribution in [0.15, 0.2) is 66.7 Å². The van der Waals surface area contributed by atoms with E-state index in [0.29, 0.717) is 0 Å². The third-order valence-corrected chi connectivity index (χ3v) is 5.11. The van der Waals surface area contributed by atoms with Gasteiger partial charge in [-0.15, -0.1) is 0 Å².